The largest absolute Gasteiger partial charge is 0.317 e. The quantitative estimate of drug-likeness (QED) is 0.887. The number of halogens is 1. The second-order valence-electron chi connectivity index (χ2n) is 5.47. The average Bonchev–Trinajstić information content (AvgIpc) is 2.33. The first-order valence-electron chi connectivity index (χ1n) is 6.75. The molecule has 2 nitrogen and oxygen atoms in total. The van der Waals surface area contributed by atoms with E-state index in [0.29, 0.717) is 12.0 Å². The molecule has 0 bridgehead atoms. The van der Waals surface area contributed by atoms with Crippen LogP contribution in [0.4, 0.5) is 4.39 Å². The van der Waals surface area contributed by atoms with E-state index >= 15 is 0 Å². The van der Waals surface area contributed by atoms with Crippen LogP contribution < -0.4 is 5.32 Å². The monoisotopic (exact) mass is 250 g/mol. The van der Waals surface area contributed by atoms with Gasteiger partial charge in [-0.15, -0.1) is 0 Å². The molecule has 1 aromatic rings. The van der Waals surface area contributed by atoms with Crippen molar-refractivity contribution in [1.29, 1.82) is 0 Å². The summed E-state index contributed by atoms with van der Waals surface area (Å²) >= 11 is 0. The fourth-order valence-corrected chi connectivity index (χ4v) is 2.88. The highest BCUT2D eigenvalue weighted by atomic mass is 19.1. The van der Waals surface area contributed by atoms with Gasteiger partial charge in [0.15, 0.2) is 0 Å². The van der Waals surface area contributed by atoms with E-state index in [-0.39, 0.29) is 5.82 Å². The molecule has 1 aromatic carbocycles. The van der Waals surface area contributed by atoms with Crippen molar-refractivity contribution in [3.05, 3.63) is 35.1 Å². The number of nitrogens with one attached hydrogen (secondary N) is 1. The Morgan fingerprint density at radius 2 is 2.22 bits per heavy atom. The van der Waals surface area contributed by atoms with Crippen molar-refractivity contribution >= 4 is 0 Å². The zero-order chi connectivity index (χ0) is 13.1. The first kappa shape index (κ1) is 13.5. The number of hydrogen-bond donors (Lipinski definition) is 1. The molecule has 0 saturated carbocycles. The van der Waals surface area contributed by atoms with Gasteiger partial charge in [-0.25, -0.2) is 4.39 Å². The van der Waals surface area contributed by atoms with Crippen molar-refractivity contribution in [2.24, 2.45) is 5.92 Å². The molecule has 0 aliphatic carbocycles. The van der Waals surface area contributed by atoms with Gasteiger partial charge in [0.25, 0.3) is 0 Å². The molecule has 2 unspecified atom stereocenters. The number of hydrogen-bond acceptors (Lipinski definition) is 2. The van der Waals surface area contributed by atoms with Crippen molar-refractivity contribution in [2.75, 3.05) is 20.1 Å². The van der Waals surface area contributed by atoms with Crippen LogP contribution in [0.2, 0.25) is 0 Å². The number of likely N-dealkylation sites (tertiary alicyclic amines) is 1. The van der Waals surface area contributed by atoms with Gasteiger partial charge in [0.1, 0.15) is 5.82 Å². The number of rotatable bonds is 3. The van der Waals surface area contributed by atoms with Gasteiger partial charge >= 0.3 is 0 Å². The fraction of sp³-hybridized carbons (Fsp3) is 0.600. The maximum atomic E-state index is 13.1. The van der Waals surface area contributed by atoms with Gasteiger partial charge in [0, 0.05) is 19.1 Å². The van der Waals surface area contributed by atoms with Crippen molar-refractivity contribution < 1.29 is 4.39 Å². The van der Waals surface area contributed by atoms with E-state index in [1.54, 1.807) is 12.1 Å². The number of benzene rings is 1. The molecule has 0 radical (unpaired) electrons. The summed E-state index contributed by atoms with van der Waals surface area (Å²) in [5.74, 6) is 0.531. The van der Waals surface area contributed by atoms with Crippen LogP contribution in [0.1, 0.15) is 24.5 Å². The zero-order valence-electron chi connectivity index (χ0n) is 11.5. The van der Waals surface area contributed by atoms with Gasteiger partial charge in [0.2, 0.25) is 0 Å². The summed E-state index contributed by atoms with van der Waals surface area (Å²) in [7, 11) is 2.04. The molecular weight excluding hydrogens is 227 g/mol. The van der Waals surface area contributed by atoms with Crippen LogP contribution in [0, 0.1) is 18.7 Å². The molecule has 1 heterocycles. The van der Waals surface area contributed by atoms with Crippen molar-refractivity contribution in [1.82, 2.24) is 10.2 Å². The van der Waals surface area contributed by atoms with Crippen LogP contribution in [0.25, 0.3) is 0 Å². The van der Waals surface area contributed by atoms with Crippen molar-refractivity contribution in [2.45, 2.75) is 32.9 Å². The summed E-state index contributed by atoms with van der Waals surface area (Å²) in [5.41, 5.74) is 2.30. The smallest absolute Gasteiger partial charge is 0.123 e. The van der Waals surface area contributed by atoms with Gasteiger partial charge in [-0.05, 0) is 56.1 Å². The lowest BCUT2D eigenvalue weighted by molar-refractivity contribution is 0.145. The Balaban J connectivity index is 1.98. The van der Waals surface area contributed by atoms with Crippen molar-refractivity contribution in [3.8, 4) is 0 Å². The van der Waals surface area contributed by atoms with E-state index in [4.69, 9.17) is 0 Å². The highest BCUT2D eigenvalue weighted by Crippen LogP contribution is 2.20. The second-order valence-corrected chi connectivity index (χ2v) is 5.47. The fourth-order valence-electron chi connectivity index (χ4n) is 2.88. The van der Waals surface area contributed by atoms with Gasteiger partial charge in [-0.2, -0.15) is 0 Å². The third-order valence-corrected chi connectivity index (χ3v) is 4.06. The summed E-state index contributed by atoms with van der Waals surface area (Å²) < 4.78 is 13.1. The SMILES string of the molecule is CNC1CCN(Cc2ccc(F)cc2C)CC1C. The summed E-state index contributed by atoms with van der Waals surface area (Å²) in [6.45, 7) is 7.45. The summed E-state index contributed by atoms with van der Waals surface area (Å²) in [6, 6.07) is 5.74. The zero-order valence-corrected chi connectivity index (χ0v) is 11.5. The maximum Gasteiger partial charge on any atom is 0.123 e. The second kappa shape index (κ2) is 5.81. The Morgan fingerprint density at radius 3 is 2.83 bits per heavy atom. The summed E-state index contributed by atoms with van der Waals surface area (Å²) in [5, 5.41) is 3.38. The minimum atomic E-state index is -0.140. The lowest BCUT2D eigenvalue weighted by Crippen LogP contribution is -2.46. The van der Waals surface area contributed by atoms with Crippen LogP contribution >= 0.6 is 0 Å². The Bertz CT molecular complexity index is 405. The summed E-state index contributed by atoms with van der Waals surface area (Å²) in [6.07, 6.45) is 1.19. The Morgan fingerprint density at radius 1 is 1.44 bits per heavy atom. The number of aryl methyl sites for hydroxylation is 1. The molecule has 18 heavy (non-hydrogen) atoms. The molecule has 3 heteroatoms. The number of nitrogens with zero attached hydrogens (tertiary/aromatic N) is 1. The molecule has 0 amide bonds. The normalized spacial score (nSPS) is 25.3. The Kier molecular flexibility index (Phi) is 4.36. The highest BCUT2D eigenvalue weighted by molar-refractivity contribution is 5.26. The van der Waals surface area contributed by atoms with Crippen LogP contribution in [-0.4, -0.2) is 31.1 Å². The molecule has 100 valence electrons. The molecule has 1 fully saturated rings. The van der Waals surface area contributed by atoms with Crippen LogP contribution in [-0.2, 0) is 6.54 Å². The molecule has 2 atom stereocenters. The van der Waals surface area contributed by atoms with Crippen LogP contribution in [0.5, 0.6) is 0 Å². The third-order valence-electron chi connectivity index (χ3n) is 4.06. The molecule has 2 rings (SSSR count). The van der Waals surface area contributed by atoms with E-state index in [1.807, 2.05) is 20.0 Å². The first-order valence-corrected chi connectivity index (χ1v) is 6.75. The van der Waals surface area contributed by atoms with E-state index in [2.05, 4.69) is 17.1 Å². The van der Waals surface area contributed by atoms with Gasteiger partial charge < -0.3 is 5.32 Å². The molecule has 1 aliphatic heterocycles. The number of piperidine rings is 1. The minimum absolute atomic E-state index is 0.140. The predicted octanol–water partition coefficient (Wildman–Crippen LogP) is 2.56. The van der Waals surface area contributed by atoms with Gasteiger partial charge in [-0.1, -0.05) is 13.0 Å². The van der Waals surface area contributed by atoms with Crippen LogP contribution in [0.15, 0.2) is 18.2 Å². The average molecular weight is 250 g/mol. The molecule has 0 aromatic heterocycles. The van der Waals surface area contributed by atoms with E-state index < -0.39 is 0 Å². The Hall–Kier alpha value is -0.930. The van der Waals surface area contributed by atoms with Crippen LogP contribution in [0.3, 0.4) is 0 Å². The molecular formula is C15H23FN2. The van der Waals surface area contributed by atoms with Gasteiger partial charge in [0.05, 0.1) is 0 Å². The minimum Gasteiger partial charge on any atom is -0.317 e. The first-order chi connectivity index (χ1) is 8.60. The van der Waals surface area contributed by atoms with Gasteiger partial charge in [-0.3, -0.25) is 4.90 Å². The third kappa shape index (κ3) is 3.09. The highest BCUT2D eigenvalue weighted by Gasteiger charge is 2.24. The maximum absolute atomic E-state index is 13.1. The van der Waals surface area contributed by atoms with E-state index in [1.165, 1.54) is 12.0 Å². The molecule has 1 saturated heterocycles. The molecule has 1 N–H and O–H groups in total. The molecule has 0 spiro atoms. The van der Waals surface area contributed by atoms with Crippen molar-refractivity contribution in [3.63, 3.8) is 0 Å². The van der Waals surface area contributed by atoms with E-state index in [0.717, 1.165) is 25.2 Å². The van der Waals surface area contributed by atoms with E-state index in [9.17, 15) is 4.39 Å². The Labute approximate surface area is 109 Å². The summed E-state index contributed by atoms with van der Waals surface area (Å²) in [4.78, 5) is 2.47. The lowest BCUT2D eigenvalue weighted by atomic mass is 9.93. The lowest BCUT2D eigenvalue weighted by Gasteiger charge is -2.37. The standard InChI is InChI=1S/C15H23FN2/c1-11-8-14(16)5-4-13(11)10-18-7-6-15(17-3)12(2)9-18/h4-5,8,12,15,17H,6-7,9-10H2,1-3H3. The predicted molar refractivity (Wildman–Crippen MR) is 73.0 cm³/mol. The topological polar surface area (TPSA) is 15.3 Å². The molecule has 1 aliphatic rings.